The van der Waals surface area contributed by atoms with Crippen molar-refractivity contribution in [2.24, 2.45) is 0 Å². The van der Waals surface area contributed by atoms with Crippen LogP contribution in [0.1, 0.15) is 28.3 Å². The molecular formula is C10H7FO2. The van der Waals surface area contributed by atoms with Gasteiger partial charge in [0.1, 0.15) is 11.6 Å². The van der Waals surface area contributed by atoms with Gasteiger partial charge in [-0.25, -0.2) is 4.39 Å². The van der Waals surface area contributed by atoms with Crippen LogP contribution < -0.4 is 0 Å². The lowest BCUT2D eigenvalue weighted by Crippen LogP contribution is -1.74. The van der Waals surface area contributed by atoms with Gasteiger partial charge in [0, 0.05) is 0 Å². The molecule has 1 aromatic rings. The van der Waals surface area contributed by atoms with Gasteiger partial charge in [0.15, 0.2) is 12.0 Å². The van der Waals surface area contributed by atoms with Crippen molar-refractivity contribution in [3.63, 3.8) is 0 Å². The number of hydrogen-bond donors (Lipinski definition) is 0. The van der Waals surface area contributed by atoms with Crippen molar-refractivity contribution < 1.29 is 13.6 Å². The second kappa shape index (κ2) is 3.01. The monoisotopic (exact) mass is 178 g/mol. The molecule has 2 rings (SSSR count). The summed E-state index contributed by atoms with van der Waals surface area (Å²) in [5, 5.41) is 0. The van der Waals surface area contributed by atoms with Crippen LogP contribution in [0, 0.1) is 0 Å². The number of carbonyl (C=O) groups is 1. The molecule has 0 saturated heterocycles. The minimum absolute atomic E-state index is 0.153. The molecule has 0 radical (unpaired) electrons. The molecule has 2 nitrogen and oxygen atoms in total. The van der Waals surface area contributed by atoms with Gasteiger partial charge in [-0.15, -0.1) is 0 Å². The fourth-order valence-electron chi connectivity index (χ4n) is 1.25. The summed E-state index contributed by atoms with van der Waals surface area (Å²) >= 11 is 0. The van der Waals surface area contributed by atoms with Gasteiger partial charge >= 0.3 is 0 Å². The van der Waals surface area contributed by atoms with Crippen LogP contribution in [0.3, 0.4) is 0 Å². The van der Waals surface area contributed by atoms with Crippen LogP contribution in [-0.4, -0.2) is 6.29 Å². The van der Waals surface area contributed by atoms with Crippen molar-refractivity contribution in [3.05, 3.63) is 35.3 Å². The molecule has 0 aromatic carbocycles. The molecule has 0 bridgehead atoms. The lowest BCUT2D eigenvalue weighted by Gasteiger charge is -1.89. The van der Waals surface area contributed by atoms with Gasteiger partial charge in [0.25, 0.3) is 0 Å². The molecule has 66 valence electrons. The summed E-state index contributed by atoms with van der Waals surface area (Å²) < 4.78 is 18.3. The average Bonchev–Trinajstić information content (AvgIpc) is 2.48. The highest BCUT2D eigenvalue weighted by Crippen LogP contribution is 2.27. The third-order valence-electron chi connectivity index (χ3n) is 1.86. The zero-order chi connectivity index (χ0) is 9.26. The van der Waals surface area contributed by atoms with E-state index in [1.54, 1.807) is 12.2 Å². The lowest BCUT2D eigenvalue weighted by molar-refractivity contribution is 0.110. The summed E-state index contributed by atoms with van der Waals surface area (Å²) in [5.74, 6) is 0.227. The van der Waals surface area contributed by atoms with Gasteiger partial charge in [-0.05, 0) is 24.6 Å². The summed E-state index contributed by atoms with van der Waals surface area (Å²) in [6.45, 7) is 0. The average molecular weight is 178 g/mol. The van der Waals surface area contributed by atoms with E-state index in [0.717, 1.165) is 0 Å². The molecule has 0 spiro atoms. The normalized spacial score (nSPS) is 14.7. The minimum Gasteiger partial charge on any atom is -0.453 e. The van der Waals surface area contributed by atoms with E-state index in [-0.39, 0.29) is 11.6 Å². The van der Waals surface area contributed by atoms with Crippen molar-refractivity contribution in [2.45, 2.75) is 6.42 Å². The first kappa shape index (κ1) is 7.98. The van der Waals surface area contributed by atoms with Gasteiger partial charge in [-0.3, -0.25) is 4.79 Å². The predicted octanol–water partition coefficient (Wildman–Crippen LogP) is 2.82. The molecule has 0 fully saturated rings. The molecule has 0 unspecified atom stereocenters. The number of carbonyl (C=O) groups excluding carboxylic acids is 1. The second-order valence-electron chi connectivity index (χ2n) is 2.73. The van der Waals surface area contributed by atoms with Crippen LogP contribution in [0.5, 0.6) is 0 Å². The minimum atomic E-state index is -0.336. The number of allylic oxidation sites excluding steroid dienone is 2. The van der Waals surface area contributed by atoms with Gasteiger partial charge in [0.2, 0.25) is 0 Å². The van der Waals surface area contributed by atoms with E-state index < -0.39 is 0 Å². The Bertz CT molecular complexity index is 399. The second-order valence-corrected chi connectivity index (χ2v) is 2.73. The molecule has 0 N–H and O–H groups in total. The van der Waals surface area contributed by atoms with Gasteiger partial charge in [-0.1, -0.05) is 6.08 Å². The smallest absolute Gasteiger partial charge is 0.185 e. The molecule has 1 aliphatic carbocycles. The van der Waals surface area contributed by atoms with Crippen LogP contribution in [0.15, 0.2) is 22.6 Å². The van der Waals surface area contributed by atoms with E-state index >= 15 is 0 Å². The molecule has 13 heavy (non-hydrogen) atoms. The SMILES string of the molecule is O=Cc1cc2c(o1)C=CCC=C2F. The third kappa shape index (κ3) is 1.33. The molecule has 0 saturated carbocycles. The lowest BCUT2D eigenvalue weighted by atomic mass is 10.2. The Kier molecular flexibility index (Phi) is 1.85. The summed E-state index contributed by atoms with van der Waals surface area (Å²) in [4.78, 5) is 10.4. The number of furan rings is 1. The maximum Gasteiger partial charge on any atom is 0.185 e. The van der Waals surface area contributed by atoms with E-state index in [4.69, 9.17) is 4.42 Å². The Morgan fingerprint density at radius 2 is 2.38 bits per heavy atom. The van der Waals surface area contributed by atoms with Crippen molar-refractivity contribution in [2.75, 3.05) is 0 Å². The number of aldehydes is 1. The first-order valence-electron chi connectivity index (χ1n) is 3.93. The van der Waals surface area contributed by atoms with Crippen molar-refractivity contribution in [1.29, 1.82) is 0 Å². The molecule has 1 aliphatic rings. The fraction of sp³-hybridized carbons (Fsp3) is 0.100. The Morgan fingerprint density at radius 1 is 1.54 bits per heavy atom. The molecular weight excluding hydrogens is 171 g/mol. The summed E-state index contributed by atoms with van der Waals surface area (Å²) in [7, 11) is 0. The van der Waals surface area contributed by atoms with Crippen molar-refractivity contribution in [3.8, 4) is 0 Å². The fourth-order valence-corrected chi connectivity index (χ4v) is 1.25. The molecule has 0 atom stereocenters. The highest BCUT2D eigenvalue weighted by Gasteiger charge is 2.13. The number of rotatable bonds is 1. The Morgan fingerprint density at radius 3 is 3.15 bits per heavy atom. The number of fused-ring (bicyclic) bond motifs is 1. The van der Waals surface area contributed by atoms with Crippen LogP contribution in [0.4, 0.5) is 4.39 Å². The summed E-state index contributed by atoms with van der Waals surface area (Å²) in [6.07, 6.45) is 6.02. The van der Waals surface area contributed by atoms with Crippen molar-refractivity contribution >= 4 is 18.2 Å². The molecule has 1 aromatic heterocycles. The number of hydrogen-bond acceptors (Lipinski definition) is 2. The Hall–Kier alpha value is -1.64. The summed E-state index contributed by atoms with van der Waals surface area (Å²) in [6, 6.07) is 1.41. The maximum absolute atomic E-state index is 13.2. The molecule has 3 heteroatoms. The van der Waals surface area contributed by atoms with Gasteiger partial charge < -0.3 is 4.42 Å². The number of halogens is 1. The molecule has 1 heterocycles. The van der Waals surface area contributed by atoms with E-state index in [1.165, 1.54) is 12.1 Å². The first-order valence-corrected chi connectivity index (χ1v) is 3.93. The Labute approximate surface area is 74.4 Å². The van der Waals surface area contributed by atoms with Crippen LogP contribution in [0.2, 0.25) is 0 Å². The highest BCUT2D eigenvalue weighted by atomic mass is 19.1. The van der Waals surface area contributed by atoms with E-state index in [2.05, 4.69) is 0 Å². The molecule has 0 amide bonds. The predicted molar refractivity (Wildman–Crippen MR) is 46.8 cm³/mol. The van der Waals surface area contributed by atoms with Crippen LogP contribution in [0.25, 0.3) is 11.9 Å². The van der Waals surface area contributed by atoms with E-state index in [0.29, 0.717) is 24.0 Å². The third-order valence-corrected chi connectivity index (χ3v) is 1.86. The van der Waals surface area contributed by atoms with E-state index in [9.17, 15) is 9.18 Å². The zero-order valence-corrected chi connectivity index (χ0v) is 6.79. The standard InChI is InChI=1S/C10H7FO2/c11-9-3-1-2-4-10-8(9)5-7(6-12)13-10/h2-6H,1H2. The van der Waals surface area contributed by atoms with Crippen LogP contribution in [-0.2, 0) is 0 Å². The van der Waals surface area contributed by atoms with Gasteiger partial charge in [0.05, 0.1) is 5.56 Å². The van der Waals surface area contributed by atoms with Gasteiger partial charge in [-0.2, -0.15) is 0 Å². The largest absolute Gasteiger partial charge is 0.453 e. The highest BCUT2D eigenvalue weighted by molar-refractivity contribution is 5.78. The maximum atomic E-state index is 13.2. The topological polar surface area (TPSA) is 30.2 Å². The zero-order valence-electron chi connectivity index (χ0n) is 6.79. The van der Waals surface area contributed by atoms with Crippen molar-refractivity contribution in [1.82, 2.24) is 0 Å². The Balaban J connectivity index is 2.58. The summed E-state index contributed by atoms with van der Waals surface area (Å²) in [5.41, 5.74) is 0.357. The van der Waals surface area contributed by atoms with E-state index in [1.807, 2.05) is 0 Å². The molecule has 0 aliphatic heterocycles. The quantitative estimate of drug-likeness (QED) is 0.619. The first-order chi connectivity index (χ1) is 6.31. The van der Waals surface area contributed by atoms with Crippen LogP contribution >= 0.6 is 0 Å².